The molecule has 0 spiro atoms. The minimum atomic E-state index is -3.98. The second-order valence-corrected chi connectivity index (χ2v) is 12.5. The molecule has 0 aromatic heterocycles. The van der Waals surface area contributed by atoms with Crippen LogP contribution in [0.5, 0.6) is 5.75 Å². The Kier molecular flexibility index (Phi) is 10.0. The van der Waals surface area contributed by atoms with Crippen molar-refractivity contribution < 1.29 is 27.5 Å². The molecule has 4 rings (SSSR count). The number of amides is 3. The van der Waals surface area contributed by atoms with Crippen LogP contribution >= 0.6 is 0 Å². The van der Waals surface area contributed by atoms with Gasteiger partial charge in [0.05, 0.1) is 12.7 Å². The predicted octanol–water partition coefficient (Wildman–Crippen LogP) is 4.03. The number of fused-ring (bicyclic) bond motifs is 1. The van der Waals surface area contributed by atoms with Gasteiger partial charge in [0.1, 0.15) is 16.7 Å². The van der Waals surface area contributed by atoms with E-state index in [2.05, 4.69) is 5.32 Å². The largest absolute Gasteiger partial charge is 0.497 e. The summed E-state index contributed by atoms with van der Waals surface area (Å²) in [5.41, 5.74) is 1.82. The zero-order valence-electron chi connectivity index (χ0n) is 24.2. The number of nitrogens with one attached hydrogen (secondary N) is 1. The highest BCUT2D eigenvalue weighted by Crippen LogP contribution is 2.30. The van der Waals surface area contributed by atoms with E-state index in [-0.39, 0.29) is 54.1 Å². The second-order valence-electron chi connectivity index (χ2n) is 10.7. The van der Waals surface area contributed by atoms with Crippen molar-refractivity contribution in [2.75, 3.05) is 20.2 Å². The van der Waals surface area contributed by atoms with Crippen LogP contribution in [0.25, 0.3) is 0 Å². The average molecular weight is 592 g/mol. The first-order chi connectivity index (χ1) is 20.1. The van der Waals surface area contributed by atoms with Crippen LogP contribution in [0.1, 0.15) is 48.2 Å². The van der Waals surface area contributed by atoms with Gasteiger partial charge in [-0.1, -0.05) is 68.4 Å². The summed E-state index contributed by atoms with van der Waals surface area (Å²) in [6, 6.07) is 22.1. The molecule has 9 nitrogen and oxygen atoms in total. The molecule has 3 amide bonds. The summed E-state index contributed by atoms with van der Waals surface area (Å²) in [6.45, 7) is 4.46. The molecule has 1 N–H and O–H groups in total. The number of nitrogens with zero attached hydrogens (tertiary/aromatic N) is 2. The van der Waals surface area contributed by atoms with E-state index in [0.717, 1.165) is 15.4 Å². The Morgan fingerprint density at radius 1 is 0.952 bits per heavy atom. The summed E-state index contributed by atoms with van der Waals surface area (Å²) in [4.78, 5) is 41.8. The molecule has 1 aliphatic rings. The van der Waals surface area contributed by atoms with Crippen molar-refractivity contribution >= 4 is 27.7 Å². The summed E-state index contributed by atoms with van der Waals surface area (Å²) in [5.74, 6) is -0.336. The molecule has 3 aromatic rings. The van der Waals surface area contributed by atoms with E-state index in [1.807, 2.05) is 62.4 Å². The van der Waals surface area contributed by atoms with E-state index >= 15 is 0 Å². The highest BCUT2D eigenvalue weighted by atomic mass is 32.2. The molecular weight excluding hydrogens is 554 g/mol. The summed E-state index contributed by atoms with van der Waals surface area (Å²) >= 11 is 0. The lowest BCUT2D eigenvalue weighted by Gasteiger charge is -2.32. The fraction of sp³-hybridized carbons (Fsp3) is 0.344. The predicted molar refractivity (Wildman–Crippen MR) is 159 cm³/mol. The van der Waals surface area contributed by atoms with Gasteiger partial charge in [0, 0.05) is 32.5 Å². The number of carbonyl (C=O) groups is 3. The summed E-state index contributed by atoms with van der Waals surface area (Å²) in [7, 11) is -2.41. The normalized spacial score (nSPS) is 14.4. The lowest BCUT2D eigenvalue weighted by molar-refractivity contribution is -0.141. The van der Waals surface area contributed by atoms with Crippen molar-refractivity contribution in [3.8, 4) is 5.75 Å². The second kappa shape index (κ2) is 13.7. The van der Waals surface area contributed by atoms with E-state index in [1.54, 1.807) is 30.2 Å². The van der Waals surface area contributed by atoms with Crippen LogP contribution in [-0.2, 0) is 32.6 Å². The third-order valence-corrected chi connectivity index (χ3v) is 8.95. The van der Waals surface area contributed by atoms with Gasteiger partial charge < -0.3 is 15.0 Å². The highest BCUT2D eigenvalue weighted by Gasteiger charge is 2.40. The molecule has 222 valence electrons. The Morgan fingerprint density at radius 2 is 1.64 bits per heavy atom. The molecule has 0 fully saturated rings. The monoisotopic (exact) mass is 591 g/mol. The van der Waals surface area contributed by atoms with Gasteiger partial charge in [-0.05, 0) is 47.7 Å². The number of rotatable bonds is 13. The number of methoxy groups -OCH3 is 1. The van der Waals surface area contributed by atoms with Crippen LogP contribution in [0.2, 0.25) is 0 Å². The van der Waals surface area contributed by atoms with Gasteiger partial charge in [0.2, 0.25) is 11.8 Å². The van der Waals surface area contributed by atoms with Crippen molar-refractivity contribution in [1.82, 2.24) is 14.5 Å². The summed E-state index contributed by atoms with van der Waals surface area (Å²) in [5, 5.41) is 2.98. The van der Waals surface area contributed by atoms with E-state index in [4.69, 9.17) is 4.74 Å². The first kappa shape index (κ1) is 30.8. The fourth-order valence-electron chi connectivity index (χ4n) is 4.91. The molecule has 1 aliphatic heterocycles. The lowest BCUT2D eigenvalue weighted by Crippen LogP contribution is -2.51. The molecule has 0 radical (unpaired) electrons. The molecule has 0 saturated heterocycles. The quantitative estimate of drug-likeness (QED) is 0.321. The zero-order chi connectivity index (χ0) is 30.3. The summed E-state index contributed by atoms with van der Waals surface area (Å²) in [6.07, 6.45) is 0.356. The van der Waals surface area contributed by atoms with Crippen molar-refractivity contribution in [2.24, 2.45) is 5.92 Å². The van der Waals surface area contributed by atoms with E-state index < -0.39 is 22.0 Å². The molecule has 0 saturated carbocycles. The Bertz CT molecular complexity index is 1520. The van der Waals surface area contributed by atoms with Crippen LogP contribution in [0.4, 0.5) is 0 Å². The molecule has 10 heteroatoms. The van der Waals surface area contributed by atoms with Crippen molar-refractivity contribution in [1.29, 1.82) is 0 Å². The Labute approximate surface area is 247 Å². The van der Waals surface area contributed by atoms with Gasteiger partial charge >= 0.3 is 0 Å². The molecule has 1 heterocycles. The van der Waals surface area contributed by atoms with Crippen LogP contribution in [0.3, 0.4) is 0 Å². The molecule has 42 heavy (non-hydrogen) atoms. The van der Waals surface area contributed by atoms with Gasteiger partial charge in [-0.15, -0.1) is 0 Å². The Morgan fingerprint density at radius 3 is 2.33 bits per heavy atom. The first-order valence-corrected chi connectivity index (χ1v) is 15.5. The van der Waals surface area contributed by atoms with E-state index in [1.165, 1.54) is 12.1 Å². The van der Waals surface area contributed by atoms with Crippen molar-refractivity contribution in [2.45, 2.75) is 50.6 Å². The van der Waals surface area contributed by atoms with Crippen molar-refractivity contribution in [3.63, 3.8) is 0 Å². The minimum Gasteiger partial charge on any atom is -0.497 e. The highest BCUT2D eigenvalue weighted by molar-refractivity contribution is 7.90. The van der Waals surface area contributed by atoms with Crippen LogP contribution in [-0.4, -0.2) is 61.6 Å². The van der Waals surface area contributed by atoms with Crippen LogP contribution in [0, 0.1) is 5.92 Å². The molecule has 0 bridgehead atoms. The Hall–Kier alpha value is -4.18. The fourth-order valence-corrected chi connectivity index (χ4v) is 6.52. The maximum atomic E-state index is 13.9. The van der Waals surface area contributed by atoms with Crippen LogP contribution in [0.15, 0.2) is 83.8 Å². The first-order valence-electron chi connectivity index (χ1n) is 14.0. The number of ether oxygens (including phenoxy) is 1. The summed E-state index contributed by atoms with van der Waals surface area (Å²) < 4.78 is 32.2. The standard InChI is InChI=1S/C32H37N3O6S/c1-23(2)21-33-31(37)28(20-24-11-5-4-6-12-24)34(22-25-13-9-14-26(19-25)41-3)30(36)17-10-18-35-32(38)27-15-7-8-16-29(27)42(35,39)40/h4-9,11-16,19,23,28H,10,17-18,20-22H2,1-3H3,(H,33,37). The lowest BCUT2D eigenvalue weighted by atomic mass is 10.0. The maximum Gasteiger partial charge on any atom is 0.269 e. The van der Waals surface area contributed by atoms with Gasteiger partial charge in [-0.25, -0.2) is 12.7 Å². The van der Waals surface area contributed by atoms with Gasteiger partial charge in [0.15, 0.2) is 0 Å². The smallest absolute Gasteiger partial charge is 0.269 e. The number of hydrogen-bond donors (Lipinski definition) is 1. The van der Waals surface area contributed by atoms with E-state index in [9.17, 15) is 22.8 Å². The third kappa shape index (κ3) is 7.17. The van der Waals surface area contributed by atoms with Gasteiger partial charge in [0.25, 0.3) is 15.9 Å². The SMILES string of the molecule is COc1cccc(CN(C(=O)CCCN2C(=O)c3ccccc3S2(=O)=O)C(Cc2ccccc2)C(=O)NCC(C)C)c1. The number of sulfonamides is 1. The average Bonchev–Trinajstić information content (AvgIpc) is 3.18. The zero-order valence-corrected chi connectivity index (χ0v) is 25.0. The molecule has 1 unspecified atom stereocenters. The number of benzene rings is 3. The molecular formula is C32H37N3O6S. The number of hydrogen-bond acceptors (Lipinski definition) is 6. The topological polar surface area (TPSA) is 113 Å². The van der Waals surface area contributed by atoms with E-state index in [0.29, 0.717) is 18.7 Å². The van der Waals surface area contributed by atoms with Gasteiger partial charge in [-0.3, -0.25) is 14.4 Å². The maximum absolute atomic E-state index is 13.9. The Balaban J connectivity index is 1.58. The third-order valence-electron chi connectivity index (χ3n) is 7.11. The molecule has 1 atom stereocenters. The van der Waals surface area contributed by atoms with Gasteiger partial charge in [-0.2, -0.15) is 0 Å². The number of carbonyl (C=O) groups excluding carboxylic acids is 3. The molecule has 3 aromatic carbocycles. The molecule has 0 aliphatic carbocycles. The minimum absolute atomic E-state index is 0.0225. The van der Waals surface area contributed by atoms with Crippen molar-refractivity contribution in [3.05, 3.63) is 95.6 Å². The van der Waals surface area contributed by atoms with Crippen LogP contribution < -0.4 is 10.1 Å².